The fourth-order valence-electron chi connectivity index (χ4n) is 6.13. The van der Waals surface area contributed by atoms with Crippen molar-refractivity contribution in [3.05, 3.63) is 69.9 Å². The summed E-state index contributed by atoms with van der Waals surface area (Å²) in [6.45, 7) is 1.82. The second kappa shape index (κ2) is 8.42. The van der Waals surface area contributed by atoms with Crippen LogP contribution in [-0.2, 0) is 24.7 Å². The quantitative estimate of drug-likeness (QED) is 0.434. The number of anilines is 2. The molecule has 1 amide bonds. The predicted molar refractivity (Wildman–Crippen MR) is 138 cm³/mol. The van der Waals surface area contributed by atoms with Crippen LogP contribution < -0.4 is 10.1 Å². The molecule has 0 bridgehead atoms. The normalized spacial score (nSPS) is 19.7. The zero-order valence-electron chi connectivity index (χ0n) is 21.7. The van der Waals surface area contributed by atoms with Crippen molar-refractivity contribution in [2.45, 2.75) is 56.3 Å². The third-order valence-electron chi connectivity index (χ3n) is 8.51. The fraction of sp³-hybridized carbons (Fsp3) is 0.414. The molecular formula is C29H28F3N5O2. The van der Waals surface area contributed by atoms with Crippen molar-refractivity contribution >= 4 is 17.5 Å². The Hall–Kier alpha value is -3.66. The molecule has 4 aliphatic rings. The van der Waals surface area contributed by atoms with Crippen LogP contribution in [0, 0.1) is 0 Å². The van der Waals surface area contributed by atoms with E-state index in [1.165, 1.54) is 22.8 Å². The predicted octanol–water partition coefficient (Wildman–Crippen LogP) is 5.97. The van der Waals surface area contributed by atoms with Gasteiger partial charge in [-0.05, 0) is 85.5 Å². The molecule has 7 rings (SSSR count). The van der Waals surface area contributed by atoms with E-state index in [-0.39, 0.29) is 23.1 Å². The van der Waals surface area contributed by atoms with Crippen LogP contribution in [0.3, 0.4) is 0 Å². The lowest BCUT2D eigenvalue weighted by molar-refractivity contribution is -0.139. The minimum Gasteiger partial charge on any atom is -0.437 e. The summed E-state index contributed by atoms with van der Waals surface area (Å²) >= 11 is 0. The van der Waals surface area contributed by atoms with Gasteiger partial charge in [0.1, 0.15) is 11.3 Å². The van der Waals surface area contributed by atoms with Gasteiger partial charge >= 0.3 is 6.18 Å². The average Bonchev–Trinajstić information content (AvgIpc) is 3.81. The zero-order chi connectivity index (χ0) is 27.1. The number of halogens is 3. The molecule has 0 saturated heterocycles. The van der Waals surface area contributed by atoms with Crippen LogP contribution in [0.25, 0.3) is 0 Å². The molecular weight excluding hydrogens is 507 g/mol. The lowest BCUT2D eigenvalue weighted by Crippen LogP contribution is -2.28. The minimum absolute atomic E-state index is 0.00135. The molecule has 2 fully saturated rings. The molecule has 1 aromatic heterocycles. The van der Waals surface area contributed by atoms with E-state index in [0.29, 0.717) is 11.5 Å². The van der Waals surface area contributed by atoms with Crippen molar-refractivity contribution in [2.24, 2.45) is 0 Å². The summed E-state index contributed by atoms with van der Waals surface area (Å²) in [4.78, 5) is 25.1. The molecule has 0 radical (unpaired) electrons. The second-order valence-corrected chi connectivity index (χ2v) is 11.2. The van der Waals surface area contributed by atoms with Gasteiger partial charge in [-0.3, -0.25) is 4.79 Å². The highest BCUT2D eigenvalue weighted by molar-refractivity contribution is 6.03. The first-order valence-electron chi connectivity index (χ1n) is 13.3. The van der Waals surface area contributed by atoms with Crippen LogP contribution in [0.2, 0.25) is 0 Å². The van der Waals surface area contributed by atoms with Crippen LogP contribution in [0.4, 0.5) is 24.8 Å². The molecule has 1 N–H and O–H groups in total. The number of carbonyl (C=O) groups excluding carboxylic acids is 1. The van der Waals surface area contributed by atoms with Crippen LogP contribution in [0.5, 0.6) is 11.6 Å². The number of fused-ring (bicyclic) bond motifs is 3. The molecule has 202 valence electrons. The van der Waals surface area contributed by atoms with Gasteiger partial charge in [0.15, 0.2) is 0 Å². The van der Waals surface area contributed by atoms with Crippen LogP contribution in [-0.4, -0.2) is 46.3 Å². The van der Waals surface area contributed by atoms with Crippen LogP contribution in [0.1, 0.15) is 69.8 Å². The van der Waals surface area contributed by atoms with Crippen LogP contribution >= 0.6 is 0 Å². The Balaban J connectivity index is 1.25. The van der Waals surface area contributed by atoms with Crippen molar-refractivity contribution < 1.29 is 22.7 Å². The number of alkyl halides is 3. The molecule has 7 nitrogen and oxygen atoms in total. The van der Waals surface area contributed by atoms with E-state index in [9.17, 15) is 18.0 Å². The van der Waals surface area contributed by atoms with E-state index >= 15 is 0 Å². The molecule has 3 aromatic rings. The first kappa shape index (κ1) is 24.4. The van der Waals surface area contributed by atoms with Crippen molar-refractivity contribution in [3.8, 4) is 11.6 Å². The Morgan fingerprint density at radius 2 is 1.95 bits per heavy atom. The highest BCUT2D eigenvalue weighted by Gasteiger charge is 2.57. The number of likely N-dealkylation sites (N-methyl/N-ethyl adjacent to an activating group) is 1. The Kier molecular flexibility index (Phi) is 5.26. The monoisotopic (exact) mass is 535 g/mol. The summed E-state index contributed by atoms with van der Waals surface area (Å²) in [7, 11) is 3.80. The molecule has 0 atom stereocenters. The van der Waals surface area contributed by atoms with Gasteiger partial charge in [0.25, 0.3) is 5.91 Å². The fourth-order valence-corrected chi connectivity index (χ4v) is 6.13. The number of nitrogens with one attached hydrogen (secondary N) is 1. The molecule has 2 saturated carbocycles. The first-order chi connectivity index (χ1) is 18.6. The van der Waals surface area contributed by atoms with E-state index in [0.717, 1.165) is 62.6 Å². The molecule has 39 heavy (non-hydrogen) atoms. The van der Waals surface area contributed by atoms with E-state index in [1.807, 2.05) is 12.1 Å². The van der Waals surface area contributed by atoms with E-state index in [1.54, 1.807) is 18.0 Å². The summed E-state index contributed by atoms with van der Waals surface area (Å²) in [6.07, 6.45) is 0.927. The van der Waals surface area contributed by atoms with Gasteiger partial charge in [-0.1, -0.05) is 12.1 Å². The van der Waals surface area contributed by atoms with Crippen molar-refractivity contribution in [1.82, 2.24) is 19.8 Å². The van der Waals surface area contributed by atoms with E-state index in [2.05, 4.69) is 33.3 Å². The maximum Gasteiger partial charge on any atom is 0.423 e. The molecule has 10 heteroatoms. The highest BCUT2D eigenvalue weighted by Crippen LogP contribution is 2.57. The van der Waals surface area contributed by atoms with E-state index < -0.39 is 17.6 Å². The number of amides is 1. The Morgan fingerprint density at radius 1 is 1.15 bits per heavy atom. The number of nitrogens with zero attached hydrogens (tertiary/aromatic N) is 4. The SMILES string of the molecule is CN1CCc2c(cc(Nc3ncc(C(F)(F)F)c(Oc4cccc5c4C(=O)N(C)C54CC4)n3)cc2C2CC2)C1. The summed E-state index contributed by atoms with van der Waals surface area (Å²) in [6, 6.07) is 9.18. The number of ether oxygens (including phenoxy) is 1. The van der Waals surface area contributed by atoms with E-state index in [4.69, 9.17) is 4.74 Å². The Morgan fingerprint density at radius 3 is 2.67 bits per heavy atom. The topological polar surface area (TPSA) is 70.6 Å². The average molecular weight is 536 g/mol. The summed E-state index contributed by atoms with van der Waals surface area (Å²) in [5.74, 6) is -0.303. The maximum atomic E-state index is 14.0. The smallest absolute Gasteiger partial charge is 0.423 e. The lowest BCUT2D eigenvalue weighted by Gasteiger charge is -2.28. The van der Waals surface area contributed by atoms with Gasteiger partial charge in [0.2, 0.25) is 11.8 Å². The maximum absolute atomic E-state index is 14.0. The number of hydrogen-bond acceptors (Lipinski definition) is 6. The molecule has 3 heterocycles. The van der Waals surface area contributed by atoms with Crippen molar-refractivity contribution in [3.63, 3.8) is 0 Å². The Labute approximate surface area is 224 Å². The standard InChI is InChI=1S/C29H28F3N5O2/c1-36-11-8-19-17(15-36)12-18(13-20(19)16-6-7-16)34-27-33-14-22(29(30,31)32)25(35-27)39-23-5-3-4-21-24(23)26(38)37(2)28(21)9-10-28/h3-5,12-14,16H,6-11,15H2,1-2H3,(H,33,34,35). The molecule has 2 aliphatic heterocycles. The summed E-state index contributed by atoms with van der Waals surface area (Å²) in [5.41, 5.74) is 4.27. The van der Waals surface area contributed by atoms with Crippen molar-refractivity contribution in [2.75, 3.05) is 26.0 Å². The van der Waals surface area contributed by atoms with Gasteiger partial charge in [-0.25, -0.2) is 4.98 Å². The number of aromatic nitrogens is 2. The van der Waals surface area contributed by atoms with Crippen molar-refractivity contribution in [1.29, 1.82) is 0 Å². The van der Waals surface area contributed by atoms with Gasteiger partial charge in [0.05, 0.1) is 11.1 Å². The summed E-state index contributed by atoms with van der Waals surface area (Å²) < 4.78 is 47.7. The minimum atomic E-state index is -4.74. The zero-order valence-corrected chi connectivity index (χ0v) is 21.7. The lowest BCUT2D eigenvalue weighted by atomic mass is 9.91. The first-order valence-corrected chi connectivity index (χ1v) is 13.3. The van der Waals surface area contributed by atoms with Gasteiger partial charge in [0, 0.05) is 32.0 Å². The third-order valence-corrected chi connectivity index (χ3v) is 8.51. The number of rotatable bonds is 5. The highest BCUT2D eigenvalue weighted by atomic mass is 19.4. The van der Waals surface area contributed by atoms with Gasteiger partial charge in [-0.2, -0.15) is 18.2 Å². The number of carbonyl (C=O) groups is 1. The molecule has 2 aliphatic carbocycles. The number of benzene rings is 2. The Bertz CT molecular complexity index is 1510. The molecule has 0 unspecified atom stereocenters. The molecule has 1 spiro atoms. The largest absolute Gasteiger partial charge is 0.437 e. The molecule has 2 aromatic carbocycles. The summed E-state index contributed by atoms with van der Waals surface area (Å²) in [5, 5.41) is 3.12. The van der Waals surface area contributed by atoms with Crippen LogP contribution in [0.15, 0.2) is 36.5 Å². The third kappa shape index (κ3) is 4.04. The number of hydrogen-bond donors (Lipinski definition) is 1. The second-order valence-electron chi connectivity index (χ2n) is 11.2. The van der Waals surface area contributed by atoms with Gasteiger partial charge < -0.3 is 19.9 Å². The van der Waals surface area contributed by atoms with Gasteiger partial charge in [-0.15, -0.1) is 0 Å².